The van der Waals surface area contributed by atoms with E-state index in [2.05, 4.69) is 4.98 Å². The van der Waals surface area contributed by atoms with Crippen LogP contribution in [0.1, 0.15) is 24.4 Å². The molecule has 2 rings (SSSR count). The number of aliphatic hydroxyl groups is 1. The van der Waals surface area contributed by atoms with Gasteiger partial charge in [-0.05, 0) is 36.4 Å². The fraction of sp³-hybridized carbons (Fsp3) is 0.357. The van der Waals surface area contributed by atoms with E-state index < -0.39 is 11.6 Å². The lowest BCUT2D eigenvalue weighted by Gasteiger charge is -2.13. The first-order valence-corrected chi connectivity index (χ1v) is 7.24. The van der Waals surface area contributed by atoms with Gasteiger partial charge < -0.3 is 9.67 Å². The van der Waals surface area contributed by atoms with Crippen LogP contribution < -0.4 is 0 Å². The van der Waals surface area contributed by atoms with Gasteiger partial charge in [0.1, 0.15) is 5.82 Å². The number of imidazole rings is 1. The SMILES string of the molecule is CCn1ccnc1CC(O)c1ccc(SC(F)(F)F)cc1. The summed E-state index contributed by atoms with van der Waals surface area (Å²) in [5, 5.41) is 10.2. The van der Waals surface area contributed by atoms with Crippen LogP contribution in [-0.2, 0) is 13.0 Å². The summed E-state index contributed by atoms with van der Waals surface area (Å²) >= 11 is -0.166. The largest absolute Gasteiger partial charge is 0.446 e. The van der Waals surface area contributed by atoms with Gasteiger partial charge >= 0.3 is 5.51 Å². The number of aromatic nitrogens is 2. The van der Waals surface area contributed by atoms with Crippen molar-refractivity contribution in [1.29, 1.82) is 0 Å². The lowest BCUT2D eigenvalue weighted by molar-refractivity contribution is -0.0328. The number of hydrogen-bond acceptors (Lipinski definition) is 3. The topological polar surface area (TPSA) is 38.0 Å². The molecule has 1 unspecified atom stereocenters. The van der Waals surface area contributed by atoms with Crippen LogP contribution in [0.3, 0.4) is 0 Å². The van der Waals surface area contributed by atoms with Crippen LogP contribution in [0, 0.1) is 0 Å². The van der Waals surface area contributed by atoms with Crippen molar-refractivity contribution in [2.45, 2.75) is 36.4 Å². The molecule has 0 radical (unpaired) electrons. The van der Waals surface area contributed by atoms with E-state index in [1.807, 2.05) is 17.7 Å². The van der Waals surface area contributed by atoms with Crippen molar-refractivity contribution in [1.82, 2.24) is 9.55 Å². The summed E-state index contributed by atoms with van der Waals surface area (Å²) in [7, 11) is 0. The first-order valence-electron chi connectivity index (χ1n) is 6.43. The molecular weight excluding hydrogens is 301 g/mol. The molecule has 0 aliphatic carbocycles. The maximum absolute atomic E-state index is 12.2. The lowest BCUT2D eigenvalue weighted by Crippen LogP contribution is -2.08. The molecule has 0 aliphatic rings. The molecule has 0 amide bonds. The summed E-state index contributed by atoms with van der Waals surface area (Å²) in [4.78, 5) is 4.27. The molecule has 0 saturated heterocycles. The maximum atomic E-state index is 12.2. The number of aliphatic hydroxyl groups excluding tert-OH is 1. The average molecular weight is 316 g/mol. The van der Waals surface area contributed by atoms with E-state index in [-0.39, 0.29) is 16.7 Å². The molecule has 114 valence electrons. The average Bonchev–Trinajstić information content (AvgIpc) is 2.85. The second kappa shape index (κ2) is 6.53. The van der Waals surface area contributed by atoms with Crippen LogP contribution in [0.2, 0.25) is 0 Å². The van der Waals surface area contributed by atoms with E-state index in [9.17, 15) is 18.3 Å². The van der Waals surface area contributed by atoms with Gasteiger partial charge in [0.2, 0.25) is 0 Å². The van der Waals surface area contributed by atoms with E-state index in [1.165, 1.54) is 24.3 Å². The molecular formula is C14H15F3N2OS. The maximum Gasteiger partial charge on any atom is 0.446 e. The summed E-state index contributed by atoms with van der Waals surface area (Å²) in [5.74, 6) is 0.749. The molecule has 7 heteroatoms. The highest BCUT2D eigenvalue weighted by molar-refractivity contribution is 8.00. The van der Waals surface area contributed by atoms with E-state index in [0.717, 1.165) is 12.4 Å². The number of aryl methyl sites for hydroxylation is 1. The Hall–Kier alpha value is -1.47. The molecule has 21 heavy (non-hydrogen) atoms. The smallest absolute Gasteiger partial charge is 0.388 e. The van der Waals surface area contributed by atoms with Crippen LogP contribution in [0.15, 0.2) is 41.6 Å². The van der Waals surface area contributed by atoms with Crippen LogP contribution in [-0.4, -0.2) is 20.2 Å². The van der Waals surface area contributed by atoms with Crippen molar-refractivity contribution in [3.05, 3.63) is 48.0 Å². The minimum absolute atomic E-state index is 0.105. The van der Waals surface area contributed by atoms with Gasteiger partial charge in [0.15, 0.2) is 0 Å². The molecule has 1 heterocycles. The summed E-state index contributed by atoms with van der Waals surface area (Å²) in [6.45, 7) is 2.73. The van der Waals surface area contributed by atoms with Gasteiger partial charge in [-0.2, -0.15) is 13.2 Å². The zero-order valence-corrected chi connectivity index (χ0v) is 12.2. The normalized spacial score (nSPS) is 13.4. The van der Waals surface area contributed by atoms with E-state index in [1.54, 1.807) is 6.20 Å². The van der Waals surface area contributed by atoms with Crippen LogP contribution in [0.25, 0.3) is 0 Å². The van der Waals surface area contributed by atoms with Crippen molar-refractivity contribution in [2.24, 2.45) is 0 Å². The highest BCUT2D eigenvalue weighted by Gasteiger charge is 2.29. The quantitative estimate of drug-likeness (QED) is 0.853. The third-order valence-electron chi connectivity index (χ3n) is 3.02. The van der Waals surface area contributed by atoms with Crippen molar-refractivity contribution in [3.8, 4) is 0 Å². The van der Waals surface area contributed by atoms with Gasteiger partial charge in [-0.25, -0.2) is 4.98 Å². The van der Waals surface area contributed by atoms with Crippen LogP contribution >= 0.6 is 11.8 Å². The number of hydrogen-bond donors (Lipinski definition) is 1. The Morgan fingerprint density at radius 1 is 1.29 bits per heavy atom. The first-order chi connectivity index (χ1) is 9.89. The van der Waals surface area contributed by atoms with Crippen molar-refractivity contribution in [2.75, 3.05) is 0 Å². The Kier molecular flexibility index (Phi) is 4.95. The Morgan fingerprint density at radius 3 is 2.52 bits per heavy atom. The summed E-state index contributed by atoms with van der Waals surface area (Å²) in [6.07, 6.45) is 3.02. The molecule has 0 bridgehead atoms. The Balaban J connectivity index is 2.04. The molecule has 0 saturated carbocycles. The van der Waals surface area contributed by atoms with Gasteiger partial charge in [-0.15, -0.1) is 0 Å². The lowest BCUT2D eigenvalue weighted by atomic mass is 10.1. The van der Waals surface area contributed by atoms with Gasteiger partial charge in [0.25, 0.3) is 0 Å². The monoisotopic (exact) mass is 316 g/mol. The minimum Gasteiger partial charge on any atom is -0.388 e. The third-order valence-corrected chi connectivity index (χ3v) is 3.76. The fourth-order valence-electron chi connectivity index (χ4n) is 2.00. The zero-order chi connectivity index (χ0) is 15.5. The minimum atomic E-state index is -4.30. The highest BCUT2D eigenvalue weighted by Crippen LogP contribution is 2.37. The van der Waals surface area contributed by atoms with Gasteiger partial charge in [0.05, 0.1) is 6.10 Å². The molecule has 1 aromatic heterocycles. The summed E-state index contributed by atoms with van der Waals surface area (Å²) < 4.78 is 38.6. The summed E-state index contributed by atoms with van der Waals surface area (Å²) in [5.41, 5.74) is -3.72. The van der Waals surface area contributed by atoms with Crippen LogP contribution in [0.4, 0.5) is 13.2 Å². The van der Waals surface area contributed by atoms with E-state index >= 15 is 0 Å². The van der Waals surface area contributed by atoms with Crippen molar-refractivity contribution < 1.29 is 18.3 Å². The molecule has 1 aromatic carbocycles. The first kappa shape index (κ1) is 15.9. The number of alkyl halides is 3. The van der Waals surface area contributed by atoms with Crippen molar-refractivity contribution >= 4 is 11.8 Å². The standard InChI is InChI=1S/C14H15F3N2OS/c1-2-19-8-7-18-13(19)9-12(20)10-3-5-11(6-4-10)21-14(15,16)17/h3-8,12,20H,2,9H2,1H3. The second-order valence-electron chi connectivity index (χ2n) is 4.47. The highest BCUT2D eigenvalue weighted by atomic mass is 32.2. The van der Waals surface area contributed by atoms with Gasteiger partial charge in [-0.1, -0.05) is 12.1 Å². The fourth-order valence-corrected chi connectivity index (χ4v) is 2.54. The van der Waals surface area contributed by atoms with Gasteiger partial charge in [-0.3, -0.25) is 0 Å². The Labute approximate surface area is 124 Å². The molecule has 0 spiro atoms. The van der Waals surface area contributed by atoms with Crippen molar-refractivity contribution in [3.63, 3.8) is 0 Å². The number of rotatable bonds is 5. The number of benzene rings is 1. The Morgan fingerprint density at radius 2 is 1.95 bits per heavy atom. The molecule has 0 fully saturated rings. The van der Waals surface area contributed by atoms with E-state index in [0.29, 0.717) is 12.0 Å². The predicted octanol–water partition coefficient (Wildman–Crippen LogP) is 3.79. The summed E-state index contributed by atoms with van der Waals surface area (Å²) in [6, 6.07) is 5.75. The molecule has 3 nitrogen and oxygen atoms in total. The van der Waals surface area contributed by atoms with Gasteiger partial charge in [0, 0.05) is 30.3 Å². The predicted molar refractivity (Wildman–Crippen MR) is 74.9 cm³/mol. The molecule has 2 aromatic rings. The third kappa shape index (κ3) is 4.50. The van der Waals surface area contributed by atoms with Crippen LogP contribution in [0.5, 0.6) is 0 Å². The number of nitrogens with zero attached hydrogens (tertiary/aromatic N) is 2. The second-order valence-corrected chi connectivity index (χ2v) is 5.60. The van der Waals surface area contributed by atoms with E-state index in [4.69, 9.17) is 0 Å². The molecule has 1 atom stereocenters. The Bertz CT molecular complexity index is 581. The number of halogens is 3. The zero-order valence-electron chi connectivity index (χ0n) is 11.3. The number of thioether (sulfide) groups is 1. The molecule has 1 N–H and O–H groups in total. The molecule has 0 aliphatic heterocycles.